The van der Waals surface area contributed by atoms with Crippen LogP contribution in [0.3, 0.4) is 0 Å². The molecule has 2 rings (SSSR count). The Bertz CT molecular complexity index is 273. The lowest BCUT2D eigenvalue weighted by Crippen LogP contribution is -2.49. The topological polar surface area (TPSA) is 66.8 Å². The first-order chi connectivity index (χ1) is 8.08. The Hall–Kier alpha value is -0.610. The number of hydrogen-bond donors (Lipinski definition) is 2. The van der Waals surface area contributed by atoms with Crippen LogP contribution in [-0.4, -0.2) is 35.0 Å². The number of aliphatic hydroxyl groups is 2. The molecule has 0 aromatic carbocycles. The van der Waals surface area contributed by atoms with Gasteiger partial charge in [0.1, 0.15) is 0 Å². The zero-order chi connectivity index (χ0) is 12.5. The summed E-state index contributed by atoms with van der Waals surface area (Å²) in [7, 11) is 0. The molecule has 4 atom stereocenters. The molecule has 0 radical (unpaired) electrons. The lowest BCUT2D eigenvalue weighted by molar-refractivity contribution is -0.170. The molecule has 0 saturated heterocycles. The summed E-state index contributed by atoms with van der Waals surface area (Å²) in [5.74, 6) is -0.0437. The monoisotopic (exact) mass is 242 g/mol. The Balaban J connectivity index is 2.18. The lowest BCUT2D eigenvalue weighted by atomic mass is 9.58. The van der Waals surface area contributed by atoms with Crippen molar-refractivity contribution in [2.24, 2.45) is 11.3 Å². The highest BCUT2D eigenvalue weighted by atomic mass is 16.5. The van der Waals surface area contributed by atoms with E-state index in [2.05, 4.69) is 0 Å². The first kappa shape index (κ1) is 12.8. The molecule has 2 aliphatic carbocycles. The molecule has 2 N–H and O–H groups in total. The van der Waals surface area contributed by atoms with Crippen molar-refractivity contribution < 1.29 is 19.7 Å². The summed E-state index contributed by atoms with van der Waals surface area (Å²) in [6.45, 7) is 2.22. The molecule has 4 heteroatoms. The van der Waals surface area contributed by atoms with E-state index in [9.17, 15) is 15.0 Å². The zero-order valence-electron chi connectivity index (χ0n) is 10.4. The summed E-state index contributed by atoms with van der Waals surface area (Å²) in [6.07, 6.45) is 3.33. The van der Waals surface area contributed by atoms with Crippen LogP contribution in [0.1, 0.15) is 45.4 Å². The number of fused-ring (bicyclic) bond motifs is 1. The number of hydrogen-bond acceptors (Lipinski definition) is 4. The van der Waals surface area contributed by atoms with E-state index in [0.717, 1.165) is 0 Å². The average molecular weight is 242 g/mol. The van der Waals surface area contributed by atoms with Gasteiger partial charge in [-0.1, -0.05) is 0 Å². The maximum Gasteiger partial charge on any atom is 0.312 e. The molecule has 0 heterocycles. The van der Waals surface area contributed by atoms with Gasteiger partial charge in [-0.05, 0) is 51.4 Å². The Morgan fingerprint density at radius 3 is 2.24 bits per heavy atom. The van der Waals surface area contributed by atoms with Gasteiger partial charge >= 0.3 is 5.97 Å². The third-order valence-electron chi connectivity index (χ3n) is 4.42. The normalized spacial score (nSPS) is 41.7. The molecule has 2 saturated carbocycles. The van der Waals surface area contributed by atoms with Crippen LogP contribution in [0.15, 0.2) is 0 Å². The van der Waals surface area contributed by atoms with Crippen LogP contribution in [0.4, 0.5) is 0 Å². The SMILES string of the molecule is CCOC(=O)C12CC[C@@H](O)CC1C[C@@H](O)CC2. The summed E-state index contributed by atoms with van der Waals surface area (Å²) in [5.41, 5.74) is -0.436. The van der Waals surface area contributed by atoms with Gasteiger partial charge < -0.3 is 14.9 Å². The first-order valence-corrected chi connectivity index (χ1v) is 6.62. The Kier molecular flexibility index (Phi) is 3.73. The predicted molar refractivity (Wildman–Crippen MR) is 62.3 cm³/mol. The lowest BCUT2D eigenvalue weighted by Gasteiger charge is -2.47. The van der Waals surface area contributed by atoms with Crippen molar-refractivity contribution in [1.82, 2.24) is 0 Å². The van der Waals surface area contributed by atoms with Crippen LogP contribution in [0, 0.1) is 11.3 Å². The minimum atomic E-state index is -0.436. The van der Waals surface area contributed by atoms with E-state index in [1.54, 1.807) is 0 Å². The fourth-order valence-corrected chi connectivity index (χ4v) is 3.47. The third kappa shape index (κ3) is 2.33. The smallest absolute Gasteiger partial charge is 0.312 e. The molecule has 0 bridgehead atoms. The predicted octanol–water partition coefficient (Wildman–Crippen LogP) is 1.24. The average Bonchev–Trinajstić information content (AvgIpc) is 2.29. The van der Waals surface area contributed by atoms with Gasteiger partial charge in [0.25, 0.3) is 0 Å². The highest BCUT2D eigenvalue weighted by Crippen LogP contribution is 2.51. The molecule has 17 heavy (non-hydrogen) atoms. The zero-order valence-corrected chi connectivity index (χ0v) is 10.4. The van der Waals surface area contributed by atoms with Crippen molar-refractivity contribution in [2.75, 3.05) is 6.61 Å². The third-order valence-corrected chi connectivity index (χ3v) is 4.42. The number of rotatable bonds is 2. The molecule has 4 nitrogen and oxygen atoms in total. The van der Waals surface area contributed by atoms with E-state index in [-0.39, 0.29) is 24.1 Å². The molecule has 0 amide bonds. The van der Waals surface area contributed by atoms with Crippen LogP contribution in [0.25, 0.3) is 0 Å². The van der Waals surface area contributed by atoms with Crippen molar-refractivity contribution in [3.63, 3.8) is 0 Å². The molecular formula is C13H22O4. The molecule has 0 spiro atoms. The summed E-state index contributed by atoms with van der Waals surface area (Å²) >= 11 is 0. The van der Waals surface area contributed by atoms with Gasteiger partial charge in [0.2, 0.25) is 0 Å². The van der Waals surface area contributed by atoms with Gasteiger partial charge in [-0.2, -0.15) is 0 Å². The van der Waals surface area contributed by atoms with E-state index >= 15 is 0 Å². The number of esters is 1. The number of carbonyl (C=O) groups excluding carboxylic acids is 1. The number of ether oxygens (including phenoxy) is 1. The van der Waals surface area contributed by atoms with Crippen molar-refractivity contribution >= 4 is 5.97 Å². The Morgan fingerprint density at radius 1 is 1.24 bits per heavy atom. The number of aliphatic hydroxyl groups excluding tert-OH is 2. The molecule has 2 fully saturated rings. The van der Waals surface area contributed by atoms with E-state index in [1.807, 2.05) is 6.92 Å². The largest absolute Gasteiger partial charge is 0.466 e. The highest BCUT2D eigenvalue weighted by Gasteiger charge is 2.52. The van der Waals surface area contributed by atoms with Crippen LogP contribution in [-0.2, 0) is 9.53 Å². The van der Waals surface area contributed by atoms with Crippen LogP contribution >= 0.6 is 0 Å². The summed E-state index contributed by atoms with van der Waals surface area (Å²) in [4.78, 5) is 12.2. The van der Waals surface area contributed by atoms with Crippen LogP contribution in [0.2, 0.25) is 0 Å². The maximum absolute atomic E-state index is 12.2. The van der Waals surface area contributed by atoms with Crippen molar-refractivity contribution in [3.05, 3.63) is 0 Å². The van der Waals surface area contributed by atoms with Gasteiger partial charge in [0.05, 0.1) is 24.2 Å². The Morgan fingerprint density at radius 2 is 1.76 bits per heavy atom. The van der Waals surface area contributed by atoms with Gasteiger partial charge in [-0.25, -0.2) is 0 Å². The van der Waals surface area contributed by atoms with E-state index in [1.165, 1.54) is 0 Å². The molecule has 0 aromatic rings. The second kappa shape index (κ2) is 4.94. The van der Waals surface area contributed by atoms with Crippen LogP contribution in [0.5, 0.6) is 0 Å². The minimum Gasteiger partial charge on any atom is -0.466 e. The summed E-state index contributed by atoms with van der Waals surface area (Å²) in [5, 5.41) is 19.5. The fraction of sp³-hybridized carbons (Fsp3) is 0.923. The van der Waals surface area contributed by atoms with Gasteiger partial charge in [0, 0.05) is 0 Å². The maximum atomic E-state index is 12.2. The standard InChI is InChI=1S/C13H22O4/c1-2-17-12(16)13-5-3-10(14)7-9(13)8-11(15)4-6-13/h9-11,14-15H,2-8H2,1H3/t9?,10-,11+,13?. The van der Waals surface area contributed by atoms with Crippen molar-refractivity contribution in [2.45, 2.75) is 57.7 Å². The Labute approximate surface area is 102 Å². The highest BCUT2D eigenvalue weighted by molar-refractivity contribution is 5.77. The molecular weight excluding hydrogens is 220 g/mol. The molecule has 0 aliphatic heterocycles. The van der Waals surface area contributed by atoms with Gasteiger partial charge in [0.15, 0.2) is 0 Å². The molecule has 0 aromatic heterocycles. The van der Waals surface area contributed by atoms with E-state index in [0.29, 0.717) is 45.1 Å². The van der Waals surface area contributed by atoms with Crippen molar-refractivity contribution in [1.29, 1.82) is 0 Å². The number of carbonyl (C=O) groups is 1. The van der Waals surface area contributed by atoms with E-state index in [4.69, 9.17) is 4.74 Å². The summed E-state index contributed by atoms with van der Waals surface area (Å²) in [6, 6.07) is 0. The first-order valence-electron chi connectivity index (χ1n) is 6.62. The molecule has 98 valence electrons. The minimum absolute atomic E-state index is 0.0778. The quantitative estimate of drug-likeness (QED) is 0.715. The van der Waals surface area contributed by atoms with E-state index < -0.39 is 5.41 Å². The van der Waals surface area contributed by atoms with Gasteiger partial charge in [-0.15, -0.1) is 0 Å². The molecule has 2 unspecified atom stereocenters. The second-order valence-electron chi connectivity index (χ2n) is 5.43. The van der Waals surface area contributed by atoms with Crippen molar-refractivity contribution in [3.8, 4) is 0 Å². The van der Waals surface area contributed by atoms with Gasteiger partial charge in [-0.3, -0.25) is 4.79 Å². The summed E-state index contributed by atoms with van der Waals surface area (Å²) < 4.78 is 5.21. The molecule has 2 aliphatic rings. The second-order valence-corrected chi connectivity index (χ2v) is 5.43. The van der Waals surface area contributed by atoms with Crippen LogP contribution < -0.4 is 0 Å². The fourth-order valence-electron chi connectivity index (χ4n) is 3.47.